The van der Waals surface area contributed by atoms with Gasteiger partial charge in [0.1, 0.15) is 0 Å². The number of carbonyl (C=O) groups excluding carboxylic acids is 2. The van der Waals surface area contributed by atoms with E-state index < -0.39 is 0 Å². The smallest absolute Gasteiger partial charge is 0.255 e. The summed E-state index contributed by atoms with van der Waals surface area (Å²) in [4.78, 5) is 25.8. The van der Waals surface area contributed by atoms with Crippen molar-refractivity contribution < 1.29 is 9.59 Å². The lowest BCUT2D eigenvalue weighted by Crippen LogP contribution is -2.19. The predicted molar refractivity (Wildman–Crippen MR) is 103 cm³/mol. The summed E-state index contributed by atoms with van der Waals surface area (Å²) in [5, 5.41) is 5.71. The van der Waals surface area contributed by atoms with E-state index in [1.807, 2.05) is 30.3 Å². The Morgan fingerprint density at radius 2 is 1.73 bits per heavy atom. The van der Waals surface area contributed by atoms with Gasteiger partial charge in [-0.2, -0.15) is 0 Å². The number of likely N-dealkylation sites (tertiary alicyclic amines) is 1. The van der Waals surface area contributed by atoms with Gasteiger partial charge in [0.05, 0.1) is 0 Å². The molecule has 2 amide bonds. The van der Waals surface area contributed by atoms with Gasteiger partial charge in [-0.1, -0.05) is 24.3 Å². The van der Waals surface area contributed by atoms with Crippen LogP contribution in [0.4, 0.5) is 5.69 Å². The van der Waals surface area contributed by atoms with Gasteiger partial charge in [0, 0.05) is 31.3 Å². The van der Waals surface area contributed by atoms with Crippen LogP contribution in [0.15, 0.2) is 48.5 Å². The summed E-state index contributed by atoms with van der Waals surface area (Å²) in [6, 6.07) is 15.3. The third-order valence-electron chi connectivity index (χ3n) is 4.55. The zero-order valence-corrected chi connectivity index (χ0v) is 15.1. The van der Waals surface area contributed by atoms with Crippen molar-refractivity contribution in [2.24, 2.45) is 0 Å². The van der Waals surface area contributed by atoms with Crippen molar-refractivity contribution in [1.29, 1.82) is 0 Å². The normalized spacial score (nSPS) is 14.2. The van der Waals surface area contributed by atoms with Crippen LogP contribution in [0.2, 0.25) is 0 Å². The van der Waals surface area contributed by atoms with Crippen LogP contribution in [0.25, 0.3) is 0 Å². The van der Waals surface area contributed by atoms with E-state index in [-0.39, 0.29) is 11.8 Å². The number of amides is 2. The molecule has 0 aromatic heterocycles. The predicted octanol–water partition coefficient (Wildman–Crippen LogP) is 3.17. The summed E-state index contributed by atoms with van der Waals surface area (Å²) in [6.45, 7) is 5.19. The van der Waals surface area contributed by atoms with Crippen LogP contribution in [0.3, 0.4) is 0 Å². The quantitative estimate of drug-likeness (QED) is 0.840. The minimum atomic E-state index is -0.130. The van der Waals surface area contributed by atoms with Crippen LogP contribution >= 0.6 is 0 Å². The largest absolute Gasteiger partial charge is 0.352 e. The van der Waals surface area contributed by atoms with E-state index in [4.69, 9.17) is 0 Å². The van der Waals surface area contributed by atoms with Crippen molar-refractivity contribution in [2.75, 3.05) is 18.4 Å². The molecule has 0 atom stereocenters. The van der Waals surface area contributed by atoms with E-state index in [0.717, 1.165) is 30.9 Å². The number of anilines is 1. The second-order valence-electron chi connectivity index (χ2n) is 6.74. The Morgan fingerprint density at radius 1 is 1.00 bits per heavy atom. The Balaban J connectivity index is 1.59. The first-order chi connectivity index (χ1) is 12.6. The molecule has 26 heavy (non-hydrogen) atoms. The average Bonchev–Trinajstić information content (AvgIpc) is 3.13. The second kappa shape index (κ2) is 8.63. The highest BCUT2D eigenvalue weighted by molar-refractivity contribution is 6.04. The maximum Gasteiger partial charge on any atom is 0.255 e. The second-order valence-corrected chi connectivity index (χ2v) is 6.74. The van der Waals surface area contributed by atoms with Gasteiger partial charge < -0.3 is 10.6 Å². The molecule has 0 saturated carbocycles. The van der Waals surface area contributed by atoms with E-state index in [2.05, 4.69) is 21.6 Å². The van der Waals surface area contributed by atoms with E-state index in [1.165, 1.54) is 25.3 Å². The lowest BCUT2D eigenvalue weighted by molar-refractivity contribution is -0.119. The molecule has 0 radical (unpaired) electrons. The van der Waals surface area contributed by atoms with Crippen LogP contribution in [0.1, 0.15) is 41.3 Å². The van der Waals surface area contributed by atoms with Crippen molar-refractivity contribution in [3.8, 4) is 0 Å². The summed E-state index contributed by atoms with van der Waals surface area (Å²) in [5.74, 6) is -0.199. The Labute approximate surface area is 154 Å². The van der Waals surface area contributed by atoms with E-state index in [0.29, 0.717) is 12.1 Å². The molecule has 0 aliphatic carbocycles. The minimum Gasteiger partial charge on any atom is -0.352 e. The minimum absolute atomic E-state index is 0.0689. The first kappa shape index (κ1) is 18.1. The van der Waals surface area contributed by atoms with Crippen molar-refractivity contribution in [3.05, 3.63) is 65.2 Å². The van der Waals surface area contributed by atoms with Gasteiger partial charge in [-0.25, -0.2) is 0 Å². The molecule has 1 heterocycles. The zero-order chi connectivity index (χ0) is 18.4. The molecule has 0 bridgehead atoms. The summed E-state index contributed by atoms with van der Waals surface area (Å²) < 4.78 is 0. The molecule has 136 valence electrons. The average molecular weight is 351 g/mol. The fourth-order valence-corrected chi connectivity index (χ4v) is 3.15. The molecule has 2 aromatic rings. The van der Waals surface area contributed by atoms with Crippen molar-refractivity contribution >= 4 is 17.5 Å². The summed E-state index contributed by atoms with van der Waals surface area (Å²) in [6.07, 6.45) is 2.54. The van der Waals surface area contributed by atoms with E-state index >= 15 is 0 Å². The number of carbonyl (C=O) groups is 2. The summed E-state index contributed by atoms with van der Waals surface area (Å²) >= 11 is 0. The standard InChI is InChI=1S/C21H25N3O2/c1-16(25)22-14-17-7-9-19(10-8-17)21(26)23-20-6-4-5-18(13-20)15-24-11-2-3-12-24/h4-10,13H,2-3,11-12,14-15H2,1H3,(H,22,25)(H,23,26). The molecule has 0 unspecified atom stereocenters. The van der Waals surface area contributed by atoms with Crippen molar-refractivity contribution in [1.82, 2.24) is 10.2 Å². The van der Waals surface area contributed by atoms with E-state index in [1.54, 1.807) is 12.1 Å². The highest BCUT2D eigenvalue weighted by Gasteiger charge is 2.12. The first-order valence-electron chi connectivity index (χ1n) is 9.06. The van der Waals surface area contributed by atoms with Gasteiger partial charge in [-0.05, 0) is 61.3 Å². The highest BCUT2D eigenvalue weighted by atomic mass is 16.2. The van der Waals surface area contributed by atoms with Gasteiger partial charge in [-0.15, -0.1) is 0 Å². The summed E-state index contributed by atoms with van der Waals surface area (Å²) in [5.41, 5.74) is 3.59. The molecule has 1 saturated heterocycles. The SMILES string of the molecule is CC(=O)NCc1ccc(C(=O)Nc2cccc(CN3CCCC3)c2)cc1. The van der Waals surface area contributed by atoms with Gasteiger partial charge in [0.2, 0.25) is 5.91 Å². The fourth-order valence-electron chi connectivity index (χ4n) is 3.15. The molecule has 5 nitrogen and oxygen atoms in total. The Bertz CT molecular complexity index is 765. The molecule has 3 rings (SSSR count). The number of nitrogens with one attached hydrogen (secondary N) is 2. The molecule has 1 aliphatic heterocycles. The van der Waals surface area contributed by atoms with E-state index in [9.17, 15) is 9.59 Å². The Hall–Kier alpha value is -2.66. The fraction of sp³-hybridized carbons (Fsp3) is 0.333. The van der Waals surface area contributed by atoms with Crippen molar-refractivity contribution in [2.45, 2.75) is 32.9 Å². The van der Waals surface area contributed by atoms with Crippen LogP contribution < -0.4 is 10.6 Å². The lowest BCUT2D eigenvalue weighted by atomic mass is 10.1. The molecular weight excluding hydrogens is 326 g/mol. The monoisotopic (exact) mass is 351 g/mol. The first-order valence-corrected chi connectivity index (χ1v) is 9.06. The van der Waals surface area contributed by atoms with Crippen LogP contribution in [-0.4, -0.2) is 29.8 Å². The third-order valence-corrected chi connectivity index (χ3v) is 4.55. The highest BCUT2D eigenvalue weighted by Crippen LogP contribution is 2.17. The lowest BCUT2D eigenvalue weighted by Gasteiger charge is -2.15. The van der Waals surface area contributed by atoms with Gasteiger partial charge in [0.25, 0.3) is 5.91 Å². The van der Waals surface area contributed by atoms with Gasteiger partial charge in [-0.3, -0.25) is 14.5 Å². The van der Waals surface area contributed by atoms with Crippen LogP contribution in [0.5, 0.6) is 0 Å². The summed E-state index contributed by atoms with van der Waals surface area (Å²) in [7, 11) is 0. The number of rotatable bonds is 6. The zero-order valence-electron chi connectivity index (χ0n) is 15.1. The van der Waals surface area contributed by atoms with Crippen LogP contribution in [0, 0.1) is 0 Å². The Morgan fingerprint density at radius 3 is 2.42 bits per heavy atom. The van der Waals surface area contributed by atoms with Crippen molar-refractivity contribution in [3.63, 3.8) is 0 Å². The van der Waals surface area contributed by atoms with Gasteiger partial charge in [0.15, 0.2) is 0 Å². The topological polar surface area (TPSA) is 61.4 Å². The van der Waals surface area contributed by atoms with Gasteiger partial charge >= 0.3 is 0 Å². The molecule has 2 aromatic carbocycles. The number of hydrogen-bond acceptors (Lipinski definition) is 3. The molecule has 1 aliphatic rings. The maximum atomic E-state index is 12.5. The van der Waals surface area contributed by atoms with Crippen LogP contribution in [-0.2, 0) is 17.9 Å². The molecule has 0 spiro atoms. The number of benzene rings is 2. The molecular formula is C21H25N3O2. The number of hydrogen-bond donors (Lipinski definition) is 2. The maximum absolute atomic E-state index is 12.5. The Kier molecular flexibility index (Phi) is 6.02. The third kappa shape index (κ3) is 5.17. The number of nitrogens with zero attached hydrogens (tertiary/aromatic N) is 1. The molecule has 2 N–H and O–H groups in total. The molecule has 1 fully saturated rings. The molecule has 5 heteroatoms.